The molecular formula is C18H20N4O5. The molecule has 1 aromatic rings. The summed E-state index contributed by atoms with van der Waals surface area (Å²) in [6, 6.07) is 2.46. The molecule has 0 aliphatic carbocycles. The van der Waals surface area contributed by atoms with Gasteiger partial charge >= 0.3 is 0 Å². The van der Waals surface area contributed by atoms with E-state index in [4.69, 9.17) is 4.74 Å². The third kappa shape index (κ3) is 2.84. The summed E-state index contributed by atoms with van der Waals surface area (Å²) in [6.45, 7) is 3.21. The Morgan fingerprint density at radius 3 is 2.48 bits per heavy atom. The van der Waals surface area contributed by atoms with Crippen molar-refractivity contribution in [1.29, 1.82) is 0 Å². The van der Waals surface area contributed by atoms with E-state index in [1.165, 1.54) is 7.11 Å². The lowest BCUT2D eigenvalue weighted by Crippen LogP contribution is -2.54. The number of fused-ring (bicyclic) bond motifs is 1. The first-order valence-corrected chi connectivity index (χ1v) is 8.90. The Morgan fingerprint density at radius 2 is 1.81 bits per heavy atom. The van der Waals surface area contributed by atoms with Crippen molar-refractivity contribution in [3.05, 3.63) is 23.3 Å². The molecule has 1 aromatic carbocycles. The van der Waals surface area contributed by atoms with Gasteiger partial charge in [0, 0.05) is 44.4 Å². The van der Waals surface area contributed by atoms with Gasteiger partial charge in [0.15, 0.2) is 0 Å². The first-order chi connectivity index (χ1) is 13.0. The maximum Gasteiger partial charge on any atom is 0.266 e. The van der Waals surface area contributed by atoms with Crippen molar-refractivity contribution in [2.24, 2.45) is 0 Å². The van der Waals surface area contributed by atoms with Gasteiger partial charge in [0.1, 0.15) is 11.8 Å². The third-order valence-electron chi connectivity index (χ3n) is 5.19. The number of carbonyl (C=O) groups excluding carboxylic acids is 4. The quantitative estimate of drug-likeness (QED) is 0.689. The van der Waals surface area contributed by atoms with Gasteiger partial charge < -0.3 is 15.0 Å². The first kappa shape index (κ1) is 17.5. The molecule has 0 radical (unpaired) electrons. The van der Waals surface area contributed by atoms with Crippen LogP contribution in [-0.2, 0) is 9.59 Å². The van der Waals surface area contributed by atoms with Crippen LogP contribution in [0.5, 0.6) is 5.75 Å². The fourth-order valence-corrected chi connectivity index (χ4v) is 3.81. The average molecular weight is 372 g/mol. The summed E-state index contributed by atoms with van der Waals surface area (Å²) in [5, 5.41) is 5.46. The van der Waals surface area contributed by atoms with Gasteiger partial charge in [-0.15, -0.1) is 0 Å². The number of anilines is 1. The fraction of sp³-hybridized carbons (Fsp3) is 0.444. The Hall–Kier alpha value is -2.94. The minimum Gasteiger partial charge on any atom is -0.496 e. The fourth-order valence-electron chi connectivity index (χ4n) is 3.81. The lowest BCUT2D eigenvalue weighted by molar-refractivity contribution is -0.136. The zero-order valence-electron chi connectivity index (χ0n) is 14.9. The number of ether oxygens (including phenoxy) is 1. The average Bonchev–Trinajstić information content (AvgIpc) is 2.93. The molecule has 0 bridgehead atoms. The monoisotopic (exact) mass is 372 g/mol. The maximum absolute atomic E-state index is 13.0. The number of piperazine rings is 1. The Bertz CT molecular complexity index is 846. The van der Waals surface area contributed by atoms with Crippen LogP contribution in [0.4, 0.5) is 5.69 Å². The molecule has 0 saturated carbocycles. The Morgan fingerprint density at radius 1 is 1.07 bits per heavy atom. The summed E-state index contributed by atoms with van der Waals surface area (Å²) in [4.78, 5) is 52.6. The second kappa shape index (κ2) is 6.66. The molecule has 4 rings (SSSR count). The van der Waals surface area contributed by atoms with Gasteiger partial charge in [-0.2, -0.15) is 0 Å². The van der Waals surface area contributed by atoms with Crippen LogP contribution in [0.1, 0.15) is 33.6 Å². The number of nitrogens with one attached hydrogen (secondary N) is 2. The van der Waals surface area contributed by atoms with Gasteiger partial charge in [-0.25, -0.2) is 0 Å². The number of hydrogen-bond acceptors (Lipinski definition) is 7. The van der Waals surface area contributed by atoms with E-state index >= 15 is 0 Å². The molecule has 4 amide bonds. The normalized spacial score (nSPS) is 22.8. The Kier molecular flexibility index (Phi) is 4.31. The van der Waals surface area contributed by atoms with E-state index in [1.54, 1.807) is 12.1 Å². The number of benzene rings is 1. The molecule has 142 valence electrons. The molecule has 3 aliphatic heterocycles. The van der Waals surface area contributed by atoms with Crippen LogP contribution in [0, 0.1) is 0 Å². The maximum atomic E-state index is 13.0. The van der Waals surface area contributed by atoms with Crippen molar-refractivity contribution in [2.75, 3.05) is 38.2 Å². The summed E-state index contributed by atoms with van der Waals surface area (Å²) in [6.07, 6.45) is 0.218. The number of hydrogen-bond donors (Lipinski definition) is 2. The van der Waals surface area contributed by atoms with E-state index in [-0.39, 0.29) is 24.0 Å². The Labute approximate surface area is 155 Å². The van der Waals surface area contributed by atoms with Crippen molar-refractivity contribution in [3.63, 3.8) is 0 Å². The standard InChI is InChI=1S/C18H20N4O5/c1-27-13-9-10(21-6-4-19-5-7-21)8-11-15(13)18(26)22(17(11)25)12-2-3-14(23)20-16(12)24/h8-9,12,19H,2-7H2,1H3,(H,20,23,24). The van der Waals surface area contributed by atoms with Crippen LogP contribution < -0.4 is 20.3 Å². The zero-order valence-corrected chi connectivity index (χ0v) is 14.9. The number of nitrogens with zero attached hydrogens (tertiary/aromatic N) is 2. The zero-order chi connectivity index (χ0) is 19.1. The van der Waals surface area contributed by atoms with Gasteiger partial charge in [0.05, 0.1) is 18.2 Å². The van der Waals surface area contributed by atoms with Crippen molar-refractivity contribution in [2.45, 2.75) is 18.9 Å². The van der Waals surface area contributed by atoms with Crippen LogP contribution in [-0.4, -0.2) is 67.9 Å². The molecule has 1 unspecified atom stereocenters. The number of piperidine rings is 1. The highest BCUT2D eigenvalue weighted by Crippen LogP contribution is 2.37. The highest BCUT2D eigenvalue weighted by atomic mass is 16.5. The van der Waals surface area contributed by atoms with Crippen molar-refractivity contribution < 1.29 is 23.9 Å². The number of imide groups is 2. The predicted octanol–water partition coefficient (Wildman–Crippen LogP) is -0.494. The predicted molar refractivity (Wildman–Crippen MR) is 94.7 cm³/mol. The molecule has 0 spiro atoms. The molecular weight excluding hydrogens is 352 g/mol. The molecule has 9 nitrogen and oxygen atoms in total. The van der Waals surface area contributed by atoms with E-state index in [1.807, 2.05) is 0 Å². The van der Waals surface area contributed by atoms with E-state index < -0.39 is 29.7 Å². The molecule has 2 N–H and O–H groups in total. The molecule has 0 aromatic heterocycles. The second-order valence-corrected chi connectivity index (χ2v) is 6.75. The molecule has 3 heterocycles. The van der Waals surface area contributed by atoms with Crippen LogP contribution >= 0.6 is 0 Å². The minimum atomic E-state index is -0.984. The summed E-state index contributed by atoms with van der Waals surface area (Å²) in [7, 11) is 1.45. The summed E-state index contributed by atoms with van der Waals surface area (Å²) < 4.78 is 5.39. The van der Waals surface area contributed by atoms with E-state index in [2.05, 4.69) is 15.5 Å². The van der Waals surface area contributed by atoms with Crippen LogP contribution in [0.15, 0.2) is 12.1 Å². The van der Waals surface area contributed by atoms with E-state index in [0.717, 1.165) is 36.8 Å². The highest BCUT2D eigenvalue weighted by Gasteiger charge is 2.46. The molecule has 27 heavy (non-hydrogen) atoms. The van der Waals surface area contributed by atoms with Crippen LogP contribution in [0.3, 0.4) is 0 Å². The molecule has 9 heteroatoms. The summed E-state index contributed by atoms with van der Waals surface area (Å²) >= 11 is 0. The van der Waals surface area contributed by atoms with E-state index in [0.29, 0.717) is 5.75 Å². The smallest absolute Gasteiger partial charge is 0.266 e. The largest absolute Gasteiger partial charge is 0.496 e. The van der Waals surface area contributed by atoms with Crippen LogP contribution in [0.2, 0.25) is 0 Å². The van der Waals surface area contributed by atoms with Crippen molar-refractivity contribution >= 4 is 29.3 Å². The number of methoxy groups -OCH3 is 1. The van der Waals surface area contributed by atoms with Crippen molar-refractivity contribution in [1.82, 2.24) is 15.5 Å². The number of rotatable bonds is 3. The first-order valence-electron chi connectivity index (χ1n) is 8.90. The van der Waals surface area contributed by atoms with Gasteiger partial charge in [-0.05, 0) is 12.5 Å². The molecule has 2 saturated heterocycles. The van der Waals surface area contributed by atoms with Gasteiger partial charge in [-0.1, -0.05) is 0 Å². The van der Waals surface area contributed by atoms with Gasteiger partial charge in [0.25, 0.3) is 11.8 Å². The summed E-state index contributed by atoms with van der Waals surface area (Å²) in [5.74, 6) is -1.80. The lowest BCUT2D eigenvalue weighted by Gasteiger charge is -2.30. The number of carbonyl (C=O) groups is 4. The molecule has 3 aliphatic rings. The SMILES string of the molecule is COc1cc(N2CCNCC2)cc2c1C(=O)N(C1CCC(=O)NC1=O)C2=O. The third-order valence-corrected chi connectivity index (χ3v) is 5.19. The highest BCUT2D eigenvalue weighted by molar-refractivity contribution is 6.25. The van der Waals surface area contributed by atoms with E-state index in [9.17, 15) is 19.2 Å². The second-order valence-electron chi connectivity index (χ2n) is 6.75. The molecule has 2 fully saturated rings. The number of amides is 4. The molecule has 1 atom stereocenters. The van der Waals surface area contributed by atoms with Gasteiger partial charge in [-0.3, -0.25) is 29.4 Å². The van der Waals surface area contributed by atoms with Crippen LogP contribution in [0.25, 0.3) is 0 Å². The topological polar surface area (TPSA) is 108 Å². The Balaban J connectivity index is 1.71. The summed E-state index contributed by atoms with van der Waals surface area (Å²) in [5.41, 5.74) is 1.21. The van der Waals surface area contributed by atoms with Crippen molar-refractivity contribution in [3.8, 4) is 5.75 Å². The lowest BCUT2D eigenvalue weighted by atomic mass is 10.0. The minimum absolute atomic E-state index is 0.0903. The van der Waals surface area contributed by atoms with Gasteiger partial charge in [0.2, 0.25) is 11.8 Å².